The van der Waals surface area contributed by atoms with E-state index in [1.54, 1.807) is 12.1 Å². The van der Waals surface area contributed by atoms with E-state index in [0.29, 0.717) is 12.0 Å². The molecule has 0 bridgehead atoms. The van der Waals surface area contributed by atoms with Crippen molar-refractivity contribution < 1.29 is 24.6 Å². The first-order valence-electron chi connectivity index (χ1n) is 8.47. The summed E-state index contributed by atoms with van der Waals surface area (Å²) in [6.07, 6.45) is 0.535. The fraction of sp³-hybridized carbons (Fsp3) is 0.500. The molecule has 0 aliphatic heterocycles. The van der Waals surface area contributed by atoms with Crippen molar-refractivity contribution in [3.8, 4) is 5.75 Å². The number of carboxylic acids is 1. The number of benzene rings is 1. The number of carbonyl (C=O) groups excluding carboxylic acids is 2. The lowest BCUT2D eigenvalue weighted by atomic mass is 10.0. The molecule has 0 unspecified atom stereocenters. The molecule has 0 aromatic heterocycles. The van der Waals surface area contributed by atoms with E-state index in [2.05, 4.69) is 10.6 Å². The van der Waals surface area contributed by atoms with Gasteiger partial charge in [0.05, 0.1) is 6.04 Å². The largest absolute Gasteiger partial charge is 0.508 e. The van der Waals surface area contributed by atoms with Crippen LogP contribution in [-0.2, 0) is 20.8 Å². The molecule has 2 amide bonds. The third-order valence-corrected chi connectivity index (χ3v) is 3.80. The van der Waals surface area contributed by atoms with Gasteiger partial charge in [-0.3, -0.25) is 9.59 Å². The van der Waals surface area contributed by atoms with Crippen LogP contribution in [0.5, 0.6) is 5.75 Å². The van der Waals surface area contributed by atoms with Crippen LogP contribution in [0.4, 0.5) is 0 Å². The lowest BCUT2D eigenvalue weighted by Gasteiger charge is -2.21. The van der Waals surface area contributed by atoms with Gasteiger partial charge in [-0.1, -0.05) is 26.0 Å². The molecule has 1 aromatic rings. The van der Waals surface area contributed by atoms with Gasteiger partial charge in [0.15, 0.2) is 0 Å². The molecule has 8 nitrogen and oxygen atoms in total. The first-order valence-corrected chi connectivity index (χ1v) is 8.47. The van der Waals surface area contributed by atoms with Gasteiger partial charge in [0.2, 0.25) is 11.8 Å². The number of hydrogen-bond donors (Lipinski definition) is 5. The quantitative estimate of drug-likeness (QED) is 0.428. The Labute approximate surface area is 152 Å². The zero-order valence-corrected chi connectivity index (χ0v) is 15.2. The van der Waals surface area contributed by atoms with Crippen molar-refractivity contribution in [3.63, 3.8) is 0 Å². The number of aliphatic carboxylic acids is 1. The summed E-state index contributed by atoms with van der Waals surface area (Å²) in [5.41, 5.74) is 6.42. The van der Waals surface area contributed by atoms with E-state index in [1.807, 2.05) is 13.8 Å². The summed E-state index contributed by atoms with van der Waals surface area (Å²) in [5.74, 6) is -1.95. The molecule has 0 aliphatic rings. The van der Waals surface area contributed by atoms with Gasteiger partial charge >= 0.3 is 5.97 Å². The van der Waals surface area contributed by atoms with Crippen molar-refractivity contribution in [2.75, 3.05) is 0 Å². The maximum Gasteiger partial charge on any atom is 0.326 e. The fourth-order valence-corrected chi connectivity index (χ4v) is 2.37. The van der Waals surface area contributed by atoms with Gasteiger partial charge < -0.3 is 26.6 Å². The summed E-state index contributed by atoms with van der Waals surface area (Å²) in [6.45, 7) is 5.34. The van der Waals surface area contributed by atoms with Crippen LogP contribution in [0, 0.1) is 5.92 Å². The molecule has 144 valence electrons. The van der Waals surface area contributed by atoms with Crippen LogP contribution in [0.2, 0.25) is 0 Å². The SMILES string of the molecule is CC(C)C[C@H](N)C(=O)N[C@@H](C)C(=O)N[C@@H](Cc1ccc(O)cc1)C(=O)O. The van der Waals surface area contributed by atoms with Crippen LogP contribution >= 0.6 is 0 Å². The van der Waals surface area contributed by atoms with Gasteiger partial charge in [-0.05, 0) is 37.0 Å². The molecule has 0 aliphatic carbocycles. The van der Waals surface area contributed by atoms with Crippen LogP contribution in [0.15, 0.2) is 24.3 Å². The summed E-state index contributed by atoms with van der Waals surface area (Å²) in [4.78, 5) is 35.6. The van der Waals surface area contributed by atoms with Crippen molar-refractivity contribution in [1.29, 1.82) is 0 Å². The Hall–Kier alpha value is -2.61. The molecule has 0 spiro atoms. The number of amides is 2. The van der Waals surface area contributed by atoms with E-state index in [9.17, 15) is 24.6 Å². The fourth-order valence-electron chi connectivity index (χ4n) is 2.37. The normalized spacial score (nSPS) is 14.3. The summed E-state index contributed by atoms with van der Waals surface area (Å²) < 4.78 is 0. The number of rotatable bonds is 9. The molecule has 6 N–H and O–H groups in total. The lowest BCUT2D eigenvalue weighted by Crippen LogP contribution is -2.53. The van der Waals surface area contributed by atoms with E-state index < -0.39 is 35.9 Å². The third kappa shape index (κ3) is 7.10. The molecular weight excluding hydrogens is 338 g/mol. The highest BCUT2D eigenvalue weighted by molar-refractivity contribution is 5.91. The predicted molar refractivity (Wildman–Crippen MR) is 96.4 cm³/mol. The average Bonchev–Trinajstić information content (AvgIpc) is 2.55. The number of hydrogen-bond acceptors (Lipinski definition) is 5. The van der Waals surface area contributed by atoms with Crippen LogP contribution in [0.1, 0.15) is 32.8 Å². The zero-order valence-electron chi connectivity index (χ0n) is 15.2. The minimum atomic E-state index is -1.19. The first-order chi connectivity index (χ1) is 12.1. The Morgan fingerprint density at radius 2 is 1.62 bits per heavy atom. The second-order valence-corrected chi connectivity index (χ2v) is 6.74. The van der Waals surface area contributed by atoms with E-state index in [1.165, 1.54) is 19.1 Å². The number of phenols is 1. The Morgan fingerprint density at radius 1 is 1.04 bits per heavy atom. The molecule has 3 atom stereocenters. The predicted octanol–water partition coefficient (Wildman–Crippen LogP) is 0.382. The Balaban J connectivity index is 2.64. The van der Waals surface area contributed by atoms with Crippen LogP contribution in [0.3, 0.4) is 0 Å². The van der Waals surface area contributed by atoms with E-state index in [0.717, 1.165) is 0 Å². The number of carbonyl (C=O) groups is 3. The van der Waals surface area contributed by atoms with Gasteiger partial charge in [-0.2, -0.15) is 0 Å². The topological polar surface area (TPSA) is 142 Å². The molecule has 8 heteroatoms. The second kappa shape index (κ2) is 9.76. The van der Waals surface area contributed by atoms with Crippen LogP contribution in [0.25, 0.3) is 0 Å². The van der Waals surface area contributed by atoms with E-state index in [-0.39, 0.29) is 18.1 Å². The Bertz CT molecular complexity index is 630. The van der Waals surface area contributed by atoms with Gasteiger partial charge in [0.25, 0.3) is 0 Å². The highest BCUT2D eigenvalue weighted by Crippen LogP contribution is 2.11. The maximum atomic E-state index is 12.2. The van der Waals surface area contributed by atoms with E-state index >= 15 is 0 Å². The van der Waals surface area contributed by atoms with Crippen molar-refractivity contribution in [2.24, 2.45) is 11.7 Å². The zero-order chi connectivity index (χ0) is 19.9. The number of nitrogens with one attached hydrogen (secondary N) is 2. The minimum Gasteiger partial charge on any atom is -0.508 e. The molecule has 0 saturated heterocycles. The molecule has 0 radical (unpaired) electrons. The average molecular weight is 365 g/mol. The molecule has 1 rings (SSSR count). The summed E-state index contributed by atoms with van der Waals surface area (Å²) >= 11 is 0. The molecule has 1 aromatic carbocycles. The summed E-state index contributed by atoms with van der Waals surface area (Å²) in [5, 5.41) is 23.5. The van der Waals surface area contributed by atoms with E-state index in [4.69, 9.17) is 5.73 Å². The standard InChI is InChI=1S/C18H27N3O5/c1-10(2)8-14(19)17(24)20-11(3)16(23)21-15(18(25)26)9-12-4-6-13(22)7-5-12/h4-7,10-11,14-15,22H,8-9,19H2,1-3H3,(H,20,24)(H,21,23)(H,25,26)/t11-,14-,15-/m0/s1. The molecular formula is C18H27N3O5. The third-order valence-electron chi connectivity index (χ3n) is 3.80. The van der Waals surface area contributed by atoms with Crippen molar-refractivity contribution in [2.45, 2.75) is 51.7 Å². The van der Waals surface area contributed by atoms with Crippen LogP contribution in [-0.4, -0.2) is 46.1 Å². The number of nitrogens with two attached hydrogens (primary N) is 1. The molecule has 26 heavy (non-hydrogen) atoms. The highest BCUT2D eigenvalue weighted by atomic mass is 16.4. The van der Waals surface area contributed by atoms with Crippen molar-refractivity contribution >= 4 is 17.8 Å². The van der Waals surface area contributed by atoms with Gasteiger partial charge in [-0.25, -0.2) is 4.79 Å². The summed E-state index contributed by atoms with van der Waals surface area (Å²) in [6, 6.07) is 3.24. The monoisotopic (exact) mass is 365 g/mol. The Morgan fingerprint density at radius 3 is 2.12 bits per heavy atom. The number of phenolic OH excluding ortho intramolecular Hbond substituents is 1. The minimum absolute atomic E-state index is 0.0505. The van der Waals surface area contributed by atoms with Gasteiger partial charge in [-0.15, -0.1) is 0 Å². The van der Waals surface area contributed by atoms with Crippen molar-refractivity contribution in [1.82, 2.24) is 10.6 Å². The molecule has 0 fully saturated rings. The molecule has 0 saturated carbocycles. The van der Waals surface area contributed by atoms with Crippen molar-refractivity contribution in [3.05, 3.63) is 29.8 Å². The lowest BCUT2D eigenvalue weighted by molar-refractivity contribution is -0.142. The Kier molecular flexibility index (Phi) is 8.05. The second-order valence-electron chi connectivity index (χ2n) is 6.74. The van der Waals surface area contributed by atoms with Crippen LogP contribution < -0.4 is 16.4 Å². The smallest absolute Gasteiger partial charge is 0.326 e. The highest BCUT2D eigenvalue weighted by Gasteiger charge is 2.25. The van der Waals surface area contributed by atoms with Gasteiger partial charge in [0.1, 0.15) is 17.8 Å². The number of aromatic hydroxyl groups is 1. The van der Waals surface area contributed by atoms with Gasteiger partial charge in [0, 0.05) is 6.42 Å². The first kappa shape index (κ1) is 21.4. The summed E-state index contributed by atoms with van der Waals surface area (Å²) in [7, 11) is 0. The molecule has 0 heterocycles. The number of carboxylic acid groups (broad SMARTS) is 1. The maximum absolute atomic E-state index is 12.2.